The molecule has 0 saturated carbocycles. The molecule has 0 aliphatic rings. The first-order valence-corrected chi connectivity index (χ1v) is 6.03. The highest BCUT2D eigenvalue weighted by atomic mass is 16.5. The SMILES string of the molecule is CC(C)C(C)OCc1ccc(C#CCN)cc1. The van der Waals surface area contributed by atoms with Crippen molar-refractivity contribution in [2.75, 3.05) is 6.54 Å². The van der Waals surface area contributed by atoms with Gasteiger partial charge in [0.1, 0.15) is 0 Å². The normalized spacial score (nSPS) is 12.1. The van der Waals surface area contributed by atoms with E-state index in [2.05, 4.69) is 32.6 Å². The molecule has 17 heavy (non-hydrogen) atoms. The van der Waals surface area contributed by atoms with Crippen molar-refractivity contribution in [3.63, 3.8) is 0 Å². The van der Waals surface area contributed by atoms with Gasteiger partial charge in [-0.25, -0.2) is 0 Å². The van der Waals surface area contributed by atoms with Crippen LogP contribution in [-0.2, 0) is 11.3 Å². The highest BCUT2D eigenvalue weighted by molar-refractivity contribution is 5.36. The maximum Gasteiger partial charge on any atom is 0.0720 e. The van der Waals surface area contributed by atoms with Gasteiger partial charge in [0.25, 0.3) is 0 Å². The lowest BCUT2D eigenvalue weighted by Gasteiger charge is -2.16. The Morgan fingerprint density at radius 2 is 1.82 bits per heavy atom. The molecule has 0 fully saturated rings. The van der Waals surface area contributed by atoms with Crippen molar-refractivity contribution in [3.05, 3.63) is 35.4 Å². The van der Waals surface area contributed by atoms with E-state index in [0.29, 0.717) is 19.1 Å². The molecule has 0 heterocycles. The Balaban J connectivity index is 2.51. The Labute approximate surface area is 104 Å². The first-order valence-electron chi connectivity index (χ1n) is 6.03. The Kier molecular flexibility index (Phi) is 5.76. The predicted octanol–water partition coefficient (Wildman–Crippen LogP) is 2.56. The molecule has 0 saturated heterocycles. The Bertz CT molecular complexity index is 384. The number of rotatable bonds is 4. The van der Waals surface area contributed by atoms with Crippen LogP contribution in [0, 0.1) is 17.8 Å². The molecule has 0 bridgehead atoms. The molecule has 0 spiro atoms. The van der Waals surface area contributed by atoms with Crippen molar-refractivity contribution < 1.29 is 4.74 Å². The quantitative estimate of drug-likeness (QED) is 0.808. The van der Waals surface area contributed by atoms with Crippen LogP contribution >= 0.6 is 0 Å². The van der Waals surface area contributed by atoms with Gasteiger partial charge in [-0.3, -0.25) is 0 Å². The third-order valence-corrected chi connectivity index (χ3v) is 2.74. The molecule has 1 atom stereocenters. The second kappa shape index (κ2) is 7.11. The van der Waals surface area contributed by atoms with Gasteiger partial charge in [0.2, 0.25) is 0 Å². The first-order chi connectivity index (χ1) is 8.13. The van der Waals surface area contributed by atoms with E-state index in [4.69, 9.17) is 10.5 Å². The summed E-state index contributed by atoms with van der Waals surface area (Å²) in [4.78, 5) is 0. The molecule has 1 unspecified atom stereocenters. The van der Waals surface area contributed by atoms with Crippen molar-refractivity contribution >= 4 is 0 Å². The molecule has 1 rings (SSSR count). The van der Waals surface area contributed by atoms with Crippen molar-refractivity contribution in [1.82, 2.24) is 0 Å². The van der Waals surface area contributed by atoms with Crippen LogP contribution in [-0.4, -0.2) is 12.6 Å². The van der Waals surface area contributed by atoms with E-state index >= 15 is 0 Å². The fourth-order valence-electron chi connectivity index (χ4n) is 1.26. The van der Waals surface area contributed by atoms with Gasteiger partial charge < -0.3 is 10.5 Å². The van der Waals surface area contributed by atoms with Crippen LogP contribution < -0.4 is 5.73 Å². The molecule has 1 aromatic rings. The number of benzene rings is 1. The Morgan fingerprint density at radius 1 is 1.18 bits per heavy atom. The van der Waals surface area contributed by atoms with Crippen molar-refractivity contribution in [1.29, 1.82) is 0 Å². The van der Waals surface area contributed by atoms with Crippen LogP contribution in [0.4, 0.5) is 0 Å². The molecule has 2 nitrogen and oxygen atoms in total. The minimum absolute atomic E-state index is 0.284. The third-order valence-electron chi connectivity index (χ3n) is 2.74. The molecule has 0 radical (unpaired) electrons. The Hall–Kier alpha value is -1.30. The van der Waals surface area contributed by atoms with Gasteiger partial charge in [-0.2, -0.15) is 0 Å². The number of hydrogen-bond acceptors (Lipinski definition) is 2. The van der Waals surface area contributed by atoms with Gasteiger partial charge in [0.05, 0.1) is 19.3 Å². The van der Waals surface area contributed by atoms with Crippen molar-refractivity contribution in [3.8, 4) is 11.8 Å². The van der Waals surface area contributed by atoms with E-state index in [1.165, 1.54) is 5.56 Å². The van der Waals surface area contributed by atoms with E-state index in [-0.39, 0.29) is 6.10 Å². The standard InChI is InChI=1S/C15H21NO/c1-12(2)13(3)17-11-15-8-6-14(7-9-15)5-4-10-16/h6-9,12-13H,10-11,16H2,1-3H3. The highest BCUT2D eigenvalue weighted by Crippen LogP contribution is 2.10. The fraction of sp³-hybridized carbons (Fsp3) is 0.467. The van der Waals surface area contributed by atoms with Gasteiger partial charge >= 0.3 is 0 Å². The van der Waals surface area contributed by atoms with Gasteiger partial charge in [-0.15, -0.1) is 0 Å². The first kappa shape index (κ1) is 13.8. The van der Waals surface area contributed by atoms with E-state index in [1.807, 2.05) is 24.3 Å². The summed E-state index contributed by atoms with van der Waals surface area (Å²) in [5, 5.41) is 0. The zero-order valence-electron chi connectivity index (χ0n) is 10.9. The zero-order valence-corrected chi connectivity index (χ0v) is 10.9. The van der Waals surface area contributed by atoms with Crippen LogP contribution in [0.15, 0.2) is 24.3 Å². The van der Waals surface area contributed by atoms with E-state index in [9.17, 15) is 0 Å². The van der Waals surface area contributed by atoms with Gasteiger partial charge in [0.15, 0.2) is 0 Å². The monoisotopic (exact) mass is 231 g/mol. The topological polar surface area (TPSA) is 35.2 Å². The van der Waals surface area contributed by atoms with E-state index < -0.39 is 0 Å². The van der Waals surface area contributed by atoms with E-state index in [1.54, 1.807) is 0 Å². The molecule has 0 aliphatic heterocycles. The molecule has 2 heteroatoms. The van der Waals surface area contributed by atoms with Crippen molar-refractivity contribution in [2.24, 2.45) is 11.7 Å². The third kappa shape index (κ3) is 5.04. The summed E-state index contributed by atoms with van der Waals surface area (Å²) in [6, 6.07) is 8.10. The lowest BCUT2D eigenvalue weighted by molar-refractivity contribution is 0.0235. The summed E-state index contributed by atoms with van der Waals surface area (Å²) in [5.74, 6) is 6.38. The lowest BCUT2D eigenvalue weighted by atomic mass is 10.1. The summed E-state index contributed by atoms with van der Waals surface area (Å²) in [5.41, 5.74) is 7.49. The van der Waals surface area contributed by atoms with Crippen LogP contribution in [0.5, 0.6) is 0 Å². The van der Waals surface area contributed by atoms with Crippen LogP contribution in [0.1, 0.15) is 31.9 Å². The maximum atomic E-state index is 5.75. The average molecular weight is 231 g/mol. The molecule has 0 amide bonds. The number of nitrogens with two attached hydrogens (primary N) is 1. The lowest BCUT2D eigenvalue weighted by Crippen LogP contribution is -2.14. The van der Waals surface area contributed by atoms with Gasteiger partial charge in [-0.1, -0.05) is 37.8 Å². The predicted molar refractivity (Wildman–Crippen MR) is 71.5 cm³/mol. The minimum atomic E-state index is 0.284. The molecule has 0 aromatic heterocycles. The second-order valence-corrected chi connectivity index (χ2v) is 4.46. The molecular weight excluding hydrogens is 210 g/mol. The number of hydrogen-bond donors (Lipinski definition) is 1. The highest BCUT2D eigenvalue weighted by Gasteiger charge is 2.06. The summed E-state index contributed by atoms with van der Waals surface area (Å²) in [6.45, 7) is 7.48. The summed E-state index contributed by atoms with van der Waals surface area (Å²) in [7, 11) is 0. The maximum absolute atomic E-state index is 5.75. The van der Waals surface area contributed by atoms with Crippen LogP contribution in [0.25, 0.3) is 0 Å². The molecular formula is C15H21NO. The summed E-state index contributed by atoms with van der Waals surface area (Å²) < 4.78 is 5.75. The smallest absolute Gasteiger partial charge is 0.0720 e. The molecule has 2 N–H and O–H groups in total. The molecule has 1 aromatic carbocycles. The van der Waals surface area contributed by atoms with Gasteiger partial charge in [-0.05, 0) is 30.5 Å². The minimum Gasteiger partial charge on any atom is -0.374 e. The molecule has 0 aliphatic carbocycles. The van der Waals surface area contributed by atoms with Crippen molar-refractivity contribution in [2.45, 2.75) is 33.5 Å². The number of ether oxygens (including phenoxy) is 1. The summed E-state index contributed by atoms with van der Waals surface area (Å²) >= 11 is 0. The van der Waals surface area contributed by atoms with Crippen LogP contribution in [0.3, 0.4) is 0 Å². The zero-order chi connectivity index (χ0) is 12.7. The average Bonchev–Trinajstić information content (AvgIpc) is 2.34. The largest absolute Gasteiger partial charge is 0.374 e. The molecule has 92 valence electrons. The second-order valence-electron chi connectivity index (χ2n) is 4.46. The summed E-state index contributed by atoms with van der Waals surface area (Å²) in [6.07, 6.45) is 0.284. The Morgan fingerprint density at radius 3 is 2.35 bits per heavy atom. The van der Waals surface area contributed by atoms with Crippen LogP contribution in [0.2, 0.25) is 0 Å². The van der Waals surface area contributed by atoms with Gasteiger partial charge in [0, 0.05) is 5.56 Å². The fourth-order valence-corrected chi connectivity index (χ4v) is 1.26. The van der Waals surface area contributed by atoms with E-state index in [0.717, 1.165) is 5.56 Å².